The van der Waals surface area contributed by atoms with Gasteiger partial charge in [0.2, 0.25) is 0 Å². The third-order valence-corrected chi connectivity index (χ3v) is 3.21. The molecule has 0 spiro atoms. The van der Waals surface area contributed by atoms with E-state index in [1.165, 1.54) is 12.8 Å². The molecule has 3 nitrogen and oxygen atoms in total. The van der Waals surface area contributed by atoms with Crippen LogP contribution in [0.2, 0.25) is 5.02 Å². The van der Waals surface area contributed by atoms with Crippen LogP contribution < -0.4 is 5.32 Å². The molecule has 2 aromatic rings. The van der Waals surface area contributed by atoms with Crippen LogP contribution in [0.25, 0.3) is 11.1 Å². The molecule has 1 unspecified atom stereocenters. The Labute approximate surface area is 98.8 Å². The van der Waals surface area contributed by atoms with Gasteiger partial charge < -0.3 is 9.73 Å². The summed E-state index contributed by atoms with van der Waals surface area (Å²) in [4.78, 5) is 4.45. The van der Waals surface area contributed by atoms with Gasteiger partial charge in [0, 0.05) is 23.6 Å². The van der Waals surface area contributed by atoms with Crippen LogP contribution in [0.3, 0.4) is 0 Å². The topological polar surface area (TPSA) is 38.1 Å². The molecule has 0 amide bonds. The number of aromatic nitrogens is 1. The maximum atomic E-state index is 5.90. The van der Waals surface area contributed by atoms with E-state index in [0.717, 1.165) is 30.0 Å². The Hall–Kier alpha value is -1.06. The largest absolute Gasteiger partial charge is 0.441 e. The zero-order valence-electron chi connectivity index (χ0n) is 8.87. The highest BCUT2D eigenvalue weighted by atomic mass is 35.5. The van der Waals surface area contributed by atoms with Crippen molar-refractivity contribution in [3.05, 3.63) is 29.1 Å². The van der Waals surface area contributed by atoms with Crippen molar-refractivity contribution >= 4 is 22.7 Å². The van der Waals surface area contributed by atoms with Crippen LogP contribution >= 0.6 is 11.6 Å². The molecule has 0 aliphatic carbocycles. The molecular formula is C12H13ClN2O. The molecule has 0 saturated carbocycles. The minimum absolute atomic E-state index is 0.517. The van der Waals surface area contributed by atoms with Gasteiger partial charge in [0.1, 0.15) is 5.52 Å². The molecule has 1 aromatic heterocycles. The van der Waals surface area contributed by atoms with Gasteiger partial charge in [0.25, 0.3) is 0 Å². The molecule has 4 heteroatoms. The lowest BCUT2D eigenvalue weighted by Gasteiger charge is -2.05. The summed E-state index contributed by atoms with van der Waals surface area (Å²) in [5.74, 6) is 0.802. The average Bonchev–Trinajstić information content (AvgIpc) is 2.86. The molecule has 1 aliphatic heterocycles. The van der Waals surface area contributed by atoms with E-state index in [9.17, 15) is 0 Å². The fourth-order valence-electron chi connectivity index (χ4n) is 2.18. The van der Waals surface area contributed by atoms with E-state index in [2.05, 4.69) is 10.3 Å². The van der Waals surface area contributed by atoms with Gasteiger partial charge in [-0.15, -0.1) is 0 Å². The van der Waals surface area contributed by atoms with Crippen molar-refractivity contribution in [2.45, 2.75) is 25.3 Å². The summed E-state index contributed by atoms with van der Waals surface area (Å²) in [5.41, 5.74) is 1.66. The van der Waals surface area contributed by atoms with E-state index in [1.54, 1.807) is 0 Å². The van der Waals surface area contributed by atoms with E-state index >= 15 is 0 Å². The molecule has 1 aliphatic rings. The van der Waals surface area contributed by atoms with Gasteiger partial charge in [-0.05, 0) is 31.5 Å². The lowest BCUT2D eigenvalue weighted by molar-refractivity contribution is 0.478. The predicted molar refractivity (Wildman–Crippen MR) is 63.7 cm³/mol. The Balaban J connectivity index is 1.86. The summed E-state index contributed by atoms with van der Waals surface area (Å²) < 4.78 is 5.68. The maximum absolute atomic E-state index is 5.90. The van der Waals surface area contributed by atoms with Crippen LogP contribution in [0.5, 0.6) is 0 Å². The summed E-state index contributed by atoms with van der Waals surface area (Å²) in [6.07, 6.45) is 3.32. The predicted octanol–water partition coefficient (Wildman–Crippen LogP) is 2.78. The zero-order chi connectivity index (χ0) is 11.0. The van der Waals surface area contributed by atoms with Crippen LogP contribution in [-0.4, -0.2) is 17.6 Å². The second-order valence-electron chi connectivity index (χ2n) is 4.22. The van der Waals surface area contributed by atoms with Crippen LogP contribution in [0, 0.1) is 0 Å². The number of hydrogen-bond donors (Lipinski definition) is 1. The molecule has 3 rings (SSSR count). The van der Waals surface area contributed by atoms with Gasteiger partial charge in [0.05, 0.1) is 0 Å². The van der Waals surface area contributed by atoms with E-state index < -0.39 is 0 Å². The maximum Gasteiger partial charge on any atom is 0.197 e. The van der Waals surface area contributed by atoms with Crippen molar-refractivity contribution < 1.29 is 4.42 Å². The number of hydrogen-bond acceptors (Lipinski definition) is 3. The number of halogens is 1. The van der Waals surface area contributed by atoms with Gasteiger partial charge in [-0.2, -0.15) is 0 Å². The first-order valence-electron chi connectivity index (χ1n) is 5.59. The Morgan fingerprint density at radius 3 is 3.25 bits per heavy atom. The average molecular weight is 237 g/mol. The second kappa shape index (κ2) is 4.07. The standard InChI is InChI=1S/C12H13ClN2O/c13-8-3-4-10-11(6-8)16-12(15-10)7-9-2-1-5-14-9/h3-4,6,9,14H,1-2,5,7H2. The Kier molecular flexibility index (Phi) is 2.58. The minimum Gasteiger partial charge on any atom is -0.441 e. The molecule has 2 heterocycles. The molecule has 84 valence electrons. The summed E-state index contributed by atoms with van der Waals surface area (Å²) in [7, 11) is 0. The van der Waals surface area contributed by atoms with Crippen molar-refractivity contribution in [3.8, 4) is 0 Å². The first kappa shape index (κ1) is 10.1. The fourth-order valence-corrected chi connectivity index (χ4v) is 2.34. The van der Waals surface area contributed by atoms with Crippen LogP contribution in [0.1, 0.15) is 18.7 Å². The summed E-state index contributed by atoms with van der Waals surface area (Å²) in [5, 5.41) is 4.12. The van der Waals surface area contributed by atoms with E-state index in [-0.39, 0.29) is 0 Å². The van der Waals surface area contributed by atoms with Crippen molar-refractivity contribution in [3.63, 3.8) is 0 Å². The van der Waals surface area contributed by atoms with Gasteiger partial charge in [0.15, 0.2) is 11.5 Å². The number of nitrogens with one attached hydrogen (secondary N) is 1. The molecule has 16 heavy (non-hydrogen) atoms. The molecular weight excluding hydrogens is 224 g/mol. The minimum atomic E-state index is 0.517. The summed E-state index contributed by atoms with van der Waals surface area (Å²) in [6.45, 7) is 1.11. The van der Waals surface area contributed by atoms with Crippen LogP contribution in [-0.2, 0) is 6.42 Å². The Morgan fingerprint density at radius 2 is 2.44 bits per heavy atom. The molecule has 1 aromatic carbocycles. The fraction of sp³-hybridized carbons (Fsp3) is 0.417. The Morgan fingerprint density at radius 1 is 1.50 bits per heavy atom. The van der Waals surface area contributed by atoms with E-state index in [0.29, 0.717) is 11.1 Å². The van der Waals surface area contributed by atoms with E-state index in [1.807, 2.05) is 18.2 Å². The number of fused-ring (bicyclic) bond motifs is 1. The molecule has 0 bridgehead atoms. The number of benzene rings is 1. The van der Waals surface area contributed by atoms with Crippen LogP contribution in [0.4, 0.5) is 0 Å². The second-order valence-corrected chi connectivity index (χ2v) is 4.65. The lowest BCUT2D eigenvalue weighted by atomic mass is 10.2. The normalized spacial score (nSPS) is 20.7. The molecule has 1 N–H and O–H groups in total. The highest BCUT2D eigenvalue weighted by Gasteiger charge is 2.17. The van der Waals surface area contributed by atoms with E-state index in [4.69, 9.17) is 16.0 Å². The third-order valence-electron chi connectivity index (χ3n) is 2.98. The molecule has 1 atom stereocenters. The monoisotopic (exact) mass is 236 g/mol. The SMILES string of the molecule is Clc1ccc2nc(CC3CCCN3)oc2c1. The quantitative estimate of drug-likeness (QED) is 0.872. The summed E-state index contributed by atoms with van der Waals surface area (Å²) >= 11 is 5.90. The van der Waals surface area contributed by atoms with Gasteiger partial charge in [-0.1, -0.05) is 11.6 Å². The van der Waals surface area contributed by atoms with Crippen molar-refractivity contribution in [1.82, 2.24) is 10.3 Å². The first-order valence-corrected chi connectivity index (χ1v) is 5.97. The molecule has 1 saturated heterocycles. The zero-order valence-corrected chi connectivity index (χ0v) is 9.63. The van der Waals surface area contributed by atoms with Gasteiger partial charge in [-0.3, -0.25) is 0 Å². The molecule has 0 radical (unpaired) electrons. The summed E-state index contributed by atoms with van der Waals surface area (Å²) in [6, 6.07) is 6.06. The third kappa shape index (κ3) is 1.93. The van der Waals surface area contributed by atoms with Crippen molar-refractivity contribution in [2.24, 2.45) is 0 Å². The lowest BCUT2D eigenvalue weighted by Crippen LogP contribution is -2.23. The highest BCUT2D eigenvalue weighted by Crippen LogP contribution is 2.21. The van der Waals surface area contributed by atoms with Crippen molar-refractivity contribution in [2.75, 3.05) is 6.54 Å². The van der Waals surface area contributed by atoms with Crippen LogP contribution in [0.15, 0.2) is 22.6 Å². The highest BCUT2D eigenvalue weighted by molar-refractivity contribution is 6.31. The van der Waals surface area contributed by atoms with Gasteiger partial charge >= 0.3 is 0 Å². The van der Waals surface area contributed by atoms with Crippen molar-refractivity contribution in [1.29, 1.82) is 0 Å². The first-order chi connectivity index (χ1) is 7.81. The number of oxazole rings is 1. The molecule has 1 fully saturated rings. The van der Waals surface area contributed by atoms with Gasteiger partial charge in [-0.25, -0.2) is 4.98 Å². The number of rotatable bonds is 2. The smallest absolute Gasteiger partial charge is 0.197 e. The number of nitrogens with zero attached hydrogens (tertiary/aromatic N) is 1. The Bertz CT molecular complexity index is 503.